The van der Waals surface area contributed by atoms with Crippen molar-refractivity contribution in [2.24, 2.45) is 5.73 Å². The lowest BCUT2D eigenvalue weighted by atomic mass is 10.2. The van der Waals surface area contributed by atoms with Crippen molar-refractivity contribution in [3.05, 3.63) is 35.4 Å². The third-order valence-electron chi connectivity index (χ3n) is 1.53. The summed E-state index contributed by atoms with van der Waals surface area (Å²) in [7, 11) is 0. The molecule has 1 aromatic heterocycles. The number of carboxylic acid groups (broad SMARTS) is 1. The average Bonchev–Trinajstić information content (AvgIpc) is 2.16. The third kappa shape index (κ3) is 2.87. The summed E-state index contributed by atoms with van der Waals surface area (Å²) in [4.78, 5) is 24.5. The molecule has 0 aromatic carbocycles. The molecule has 0 saturated heterocycles. The molecule has 0 atom stereocenters. The molecule has 0 unspecified atom stereocenters. The zero-order valence-corrected chi connectivity index (χ0v) is 7.48. The van der Waals surface area contributed by atoms with Gasteiger partial charge in [0.25, 0.3) is 0 Å². The van der Waals surface area contributed by atoms with Gasteiger partial charge in [-0.15, -0.1) is 0 Å². The SMILES string of the molecule is NC(=O)C=Cc1cc(C(=O)O)c(F)cn1. The first-order valence-electron chi connectivity index (χ1n) is 3.87. The Bertz CT molecular complexity index is 443. The molecule has 6 heteroatoms. The van der Waals surface area contributed by atoms with Gasteiger partial charge in [-0.1, -0.05) is 0 Å². The van der Waals surface area contributed by atoms with Crippen LogP contribution in [0, 0.1) is 5.82 Å². The van der Waals surface area contributed by atoms with Crippen molar-refractivity contribution in [3.63, 3.8) is 0 Å². The molecule has 5 nitrogen and oxygen atoms in total. The number of aromatic nitrogens is 1. The Labute approximate surface area is 84.0 Å². The maximum atomic E-state index is 12.9. The molecule has 0 spiro atoms. The quantitative estimate of drug-likeness (QED) is 0.707. The lowest BCUT2D eigenvalue weighted by Crippen LogP contribution is -2.06. The van der Waals surface area contributed by atoms with Gasteiger partial charge in [0.2, 0.25) is 5.91 Å². The molecular formula is C9H7FN2O3. The second-order valence-electron chi connectivity index (χ2n) is 2.63. The highest BCUT2D eigenvalue weighted by atomic mass is 19.1. The number of hydrogen-bond donors (Lipinski definition) is 2. The van der Waals surface area contributed by atoms with Crippen LogP contribution in [0.2, 0.25) is 0 Å². The van der Waals surface area contributed by atoms with Crippen LogP contribution in [0.25, 0.3) is 6.08 Å². The number of rotatable bonds is 3. The molecule has 0 bridgehead atoms. The summed E-state index contributed by atoms with van der Waals surface area (Å²) in [6.45, 7) is 0. The molecule has 15 heavy (non-hydrogen) atoms. The maximum absolute atomic E-state index is 12.9. The highest BCUT2D eigenvalue weighted by Gasteiger charge is 2.10. The first-order valence-corrected chi connectivity index (χ1v) is 3.87. The van der Waals surface area contributed by atoms with Crippen molar-refractivity contribution in [2.45, 2.75) is 0 Å². The summed E-state index contributed by atoms with van der Waals surface area (Å²) in [5.41, 5.74) is 4.46. The molecule has 0 saturated carbocycles. The van der Waals surface area contributed by atoms with Gasteiger partial charge in [-0.05, 0) is 12.1 Å². The van der Waals surface area contributed by atoms with E-state index in [1.54, 1.807) is 0 Å². The molecule has 1 amide bonds. The maximum Gasteiger partial charge on any atom is 0.338 e. The molecule has 1 rings (SSSR count). The minimum atomic E-state index is -1.40. The van der Waals surface area contributed by atoms with Crippen LogP contribution in [0.15, 0.2) is 18.3 Å². The van der Waals surface area contributed by atoms with Crippen LogP contribution in [0.1, 0.15) is 16.1 Å². The van der Waals surface area contributed by atoms with E-state index < -0.39 is 23.3 Å². The normalized spacial score (nSPS) is 10.5. The van der Waals surface area contributed by atoms with E-state index in [1.807, 2.05) is 0 Å². The van der Waals surface area contributed by atoms with E-state index in [9.17, 15) is 14.0 Å². The van der Waals surface area contributed by atoms with Gasteiger partial charge in [-0.2, -0.15) is 0 Å². The number of nitrogens with zero attached hydrogens (tertiary/aromatic N) is 1. The van der Waals surface area contributed by atoms with Crippen molar-refractivity contribution in [1.82, 2.24) is 4.98 Å². The fourth-order valence-corrected chi connectivity index (χ4v) is 0.877. The topological polar surface area (TPSA) is 93.3 Å². The van der Waals surface area contributed by atoms with E-state index in [0.717, 1.165) is 18.3 Å². The van der Waals surface area contributed by atoms with E-state index in [1.165, 1.54) is 6.08 Å². The number of halogens is 1. The number of aromatic carboxylic acids is 1. The molecular weight excluding hydrogens is 203 g/mol. The van der Waals surface area contributed by atoms with Gasteiger partial charge in [-0.3, -0.25) is 9.78 Å². The zero-order chi connectivity index (χ0) is 11.4. The standard InChI is InChI=1S/C9H7FN2O3/c10-7-4-12-5(1-2-8(11)13)3-6(7)9(14)15/h1-4H,(H2,11,13)(H,14,15). The molecule has 0 aliphatic rings. The monoisotopic (exact) mass is 210 g/mol. The van der Waals surface area contributed by atoms with Crippen LogP contribution in [-0.4, -0.2) is 22.0 Å². The molecule has 3 N–H and O–H groups in total. The molecule has 1 heterocycles. The van der Waals surface area contributed by atoms with Gasteiger partial charge >= 0.3 is 5.97 Å². The van der Waals surface area contributed by atoms with Crippen LogP contribution in [0.5, 0.6) is 0 Å². The number of nitrogens with two attached hydrogens (primary N) is 1. The number of carbonyl (C=O) groups is 2. The molecule has 0 aliphatic carbocycles. The van der Waals surface area contributed by atoms with Crippen LogP contribution in [0.3, 0.4) is 0 Å². The van der Waals surface area contributed by atoms with E-state index in [2.05, 4.69) is 4.98 Å². The Kier molecular flexibility index (Phi) is 3.12. The van der Waals surface area contributed by atoms with Crippen molar-refractivity contribution in [3.8, 4) is 0 Å². The van der Waals surface area contributed by atoms with Gasteiger partial charge < -0.3 is 10.8 Å². The molecule has 0 fully saturated rings. The number of hydrogen-bond acceptors (Lipinski definition) is 3. The Morgan fingerprint density at radius 2 is 2.20 bits per heavy atom. The van der Waals surface area contributed by atoms with Gasteiger partial charge in [0.1, 0.15) is 0 Å². The second-order valence-corrected chi connectivity index (χ2v) is 2.63. The number of amides is 1. The summed E-state index contributed by atoms with van der Waals surface area (Å²) in [6, 6.07) is 1.01. The van der Waals surface area contributed by atoms with Crippen LogP contribution < -0.4 is 5.73 Å². The summed E-state index contributed by atoms with van der Waals surface area (Å²) in [5, 5.41) is 8.58. The minimum absolute atomic E-state index is 0.146. The third-order valence-corrected chi connectivity index (χ3v) is 1.53. The lowest BCUT2D eigenvalue weighted by molar-refractivity contribution is -0.113. The van der Waals surface area contributed by atoms with Crippen molar-refractivity contribution >= 4 is 18.0 Å². The van der Waals surface area contributed by atoms with Gasteiger partial charge in [0, 0.05) is 6.08 Å². The first kappa shape index (κ1) is 10.8. The number of carboxylic acids is 1. The van der Waals surface area contributed by atoms with Crippen LogP contribution >= 0.6 is 0 Å². The molecule has 1 aromatic rings. The van der Waals surface area contributed by atoms with Crippen LogP contribution in [0.4, 0.5) is 4.39 Å². The van der Waals surface area contributed by atoms with E-state index >= 15 is 0 Å². The Morgan fingerprint density at radius 1 is 1.53 bits per heavy atom. The fraction of sp³-hybridized carbons (Fsp3) is 0. The van der Waals surface area contributed by atoms with E-state index in [-0.39, 0.29) is 5.69 Å². The van der Waals surface area contributed by atoms with Crippen molar-refractivity contribution < 1.29 is 19.1 Å². The fourth-order valence-electron chi connectivity index (χ4n) is 0.877. The summed E-state index contributed by atoms with van der Waals surface area (Å²) in [5.74, 6) is -3.03. The number of carbonyl (C=O) groups excluding carboxylic acids is 1. The van der Waals surface area contributed by atoms with Gasteiger partial charge in [0.15, 0.2) is 5.82 Å². The van der Waals surface area contributed by atoms with Crippen molar-refractivity contribution in [1.29, 1.82) is 0 Å². The summed E-state index contributed by atoms with van der Waals surface area (Å²) in [6.07, 6.45) is 2.98. The molecule has 0 aliphatic heterocycles. The Morgan fingerprint density at radius 3 is 2.73 bits per heavy atom. The van der Waals surface area contributed by atoms with Crippen molar-refractivity contribution in [2.75, 3.05) is 0 Å². The van der Waals surface area contributed by atoms with Gasteiger partial charge in [0.05, 0.1) is 17.5 Å². The smallest absolute Gasteiger partial charge is 0.338 e. The molecule has 0 radical (unpaired) electrons. The average molecular weight is 210 g/mol. The summed E-state index contributed by atoms with van der Waals surface area (Å²) < 4.78 is 12.9. The number of pyridine rings is 1. The predicted octanol–water partition coefficient (Wildman–Crippen LogP) is 0.417. The first-order chi connectivity index (χ1) is 7.00. The van der Waals surface area contributed by atoms with Gasteiger partial charge in [-0.25, -0.2) is 9.18 Å². The number of primary amides is 1. The second kappa shape index (κ2) is 4.32. The Balaban J connectivity index is 3.08. The largest absolute Gasteiger partial charge is 0.478 e. The molecule has 78 valence electrons. The minimum Gasteiger partial charge on any atom is -0.478 e. The lowest BCUT2D eigenvalue weighted by Gasteiger charge is -1.97. The summed E-state index contributed by atoms with van der Waals surface area (Å²) >= 11 is 0. The van der Waals surface area contributed by atoms with E-state index in [0.29, 0.717) is 0 Å². The highest BCUT2D eigenvalue weighted by molar-refractivity contribution is 5.91. The van der Waals surface area contributed by atoms with E-state index in [4.69, 9.17) is 10.8 Å². The highest BCUT2D eigenvalue weighted by Crippen LogP contribution is 2.08. The van der Waals surface area contributed by atoms with Crippen LogP contribution in [-0.2, 0) is 4.79 Å². The Hall–Kier alpha value is -2.24. The predicted molar refractivity (Wildman–Crippen MR) is 49.4 cm³/mol. The zero-order valence-electron chi connectivity index (χ0n) is 7.48.